The number of hydrogen-bond donors (Lipinski definition) is 0. The normalized spacial score (nSPS) is 24.2. The molecular weight excluding hydrogens is 292 g/mol. The number of allylic oxidation sites excluding steroid dienone is 1. The van der Waals surface area contributed by atoms with E-state index in [4.69, 9.17) is 0 Å². The van der Waals surface area contributed by atoms with Crippen LogP contribution in [0.4, 0.5) is 0 Å². The average molecular weight is 308 g/mol. The Labute approximate surface area is 140 Å². The molecule has 0 radical (unpaired) electrons. The third-order valence-corrected chi connectivity index (χ3v) is 5.24. The second-order valence-corrected chi connectivity index (χ2v) is 6.66. The van der Waals surface area contributed by atoms with Crippen LogP contribution in [0.15, 0.2) is 72.8 Å². The van der Waals surface area contributed by atoms with Gasteiger partial charge in [-0.15, -0.1) is 0 Å². The summed E-state index contributed by atoms with van der Waals surface area (Å²) in [6, 6.07) is 20.9. The molecule has 2 bridgehead atoms. The molecule has 0 heterocycles. The third kappa shape index (κ3) is 1.78. The summed E-state index contributed by atoms with van der Waals surface area (Å²) in [5.41, 5.74) is 3.14. The smallest absolute Gasteiger partial charge is 0.155 e. The minimum atomic E-state index is -0.223. The third-order valence-electron chi connectivity index (χ3n) is 5.24. The Morgan fingerprint density at radius 3 is 2.17 bits per heavy atom. The SMILES string of the molecule is C=C1/C=c2/cccc/c2=C/[C@H]2C(=O)C1c1cc3ccccc3cc12. The molecule has 0 amide bonds. The van der Waals surface area contributed by atoms with Gasteiger partial charge in [0, 0.05) is 0 Å². The van der Waals surface area contributed by atoms with Gasteiger partial charge in [0.15, 0.2) is 5.78 Å². The minimum Gasteiger partial charge on any atom is -0.298 e. The summed E-state index contributed by atoms with van der Waals surface area (Å²) in [4.78, 5) is 13.1. The Balaban J connectivity index is 1.89. The summed E-state index contributed by atoms with van der Waals surface area (Å²) < 4.78 is 0. The van der Waals surface area contributed by atoms with Crippen LogP contribution in [0.2, 0.25) is 0 Å². The number of Topliss-reactive ketones (excluding diaryl/α,β-unsaturated/α-hetero) is 1. The molecule has 1 unspecified atom stereocenters. The first-order valence-corrected chi connectivity index (χ1v) is 8.26. The topological polar surface area (TPSA) is 17.1 Å². The summed E-state index contributed by atoms with van der Waals surface area (Å²) in [5.74, 6) is -0.156. The zero-order valence-electron chi connectivity index (χ0n) is 13.2. The van der Waals surface area contributed by atoms with Crippen LogP contribution in [0.1, 0.15) is 23.0 Å². The van der Waals surface area contributed by atoms with E-state index < -0.39 is 0 Å². The lowest BCUT2D eigenvalue weighted by atomic mass is 9.89. The molecule has 1 heteroatoms. The van der Waals surface area contributed by atoms with Gasteiger partial charge in [-0.3, -0.25) is 4.79 Å². The Bertz CT molecular complexity index is 1150. The lowest BCUT2D eigenvalue weighted by molar-refractivity contribution is -0.118. The van der Waals surface area contributed by atoms with E-state index in [1.54, 1.807) is 0 Å². The van der Waals surface area contributed by atoms with Crippen LogP contribution in [0.5, 0.6) is 0 Å². The fourth-order valence-corrected chi connectivity index (χ4v) is 4.09. The highest BCUT2D eigenvalue weighted by atomic mass is 16.1. The van der Waals surface area contributed by atoms with Gasteiger partial charge in [0.2, 0.25) is 0 Å². The van der Waals surface area contributed by atoms with Crippen LogP contribution >= 0.6 is 0 Å². The maximum absolute atomic E-state index is 13.1. The van der Waals surface area contributed by atoms with Gasteiger partial charge in [-0.25, -0.2) is 0 Å². The van der Waals surface area contributed by atoms with Gasteiger partial charge >= 0.3 is 0 Å². The van der Waals surface area contributed by atoms with Crippen LogP contribution in [-0.2, 0) is 4.79 Å². The van der Waals surface area contributed by atoms with Crippen molar-refractivity contribution in [1.29, 1.82) is 0 Å². The number of benzene rings is 3. The van der Waals surface area contributed by atoms with Gasteiger partial charge in [0.05, 0.1) is 11.8 Å². The van der Waals surface area contributed by atoms with Crippen LogP contribution in [0, 0.1) is 0 Å². The fraction of sp³-hybridized carbons (Fsp3) is 0.0870. The van der Waals surface area contributed by atoms with Crippen LogP contribution in [0.25, 0.3) is 22.9 Å². The quantitative estimate of drug-likeness (QED) is 0.622. The largest absolute Gasteiger partial charge is 0.298 e. The first kappa shape index (κ1) is 13.5. The molecule has 2 atom stereocenters. The molecule has 2 aliphatic carbocycles. The van der Waals surface area contributed by atoms with Gasteiger partial charge in [0.1, 0.15) is 0 Å². The molecular formula is C23H16O. The molecule has 1 nitrogen and oxygen atoms in total. The van der Waals surface area contributed by atoms with E-state index >= 15 is 0 Å². The number of fused-ring (bicyclic) bond motifs is 7. The molecule has 0 fully saturated rings. The monoisotopic (exact) mass is 308 g/mol. The summed E-state index contributed by atoms with van der Waals surface area (Å²) in [6.07, 6.45) is 4.18. The molecule has 0 spiro atoms. The van der Waals surface area contributed by atoms with Crippen molar-refractivity contribution in [2.24, 2.45) is 0 Å². The summed E-state index contributed by atoms with van der Waals surface area (Å²) in [7, 11) is 0. The Hall–Kier alpha value is -2.93. The molecule has 5 rings (SSSR count). The first-order valence-electron chi connectivity index (χ1n) is 8.26. The lowest BCUT2D eigenvalue weighted by Crippen LogP contribution is -2.28. The van der Waals surface area contributed by atoms with Gasteiger partial charge in [-0.1, -0.05) is 67.3 Å². The molecule has 3 aromatic carbocycles. The molecule has 0 N–H and O–H groups in total. The van der Waals surface area contributed by atoms with E-state index in [1.807, 2.05) is 24.3 Å². The van der Waals surface area contributed by atoms with E-state index in [0.29, 0.717) is 0 Å². The standard InChI is InChI=1S/C23H16O/c1-14-10-15-6-2-3-9-18(15)13-21-19-11-16-7-4-5-8-17(16)12-20(19)22(14)23(21)24/h2-13,21-22H,1H2/b15-10-,18-13-/t21-,22?/m1/s1. The Morgan fingerprint density at radius 1 is 0.792 bits per heavy atom. The second kappa shape index (κ2) is 4.78. The zero-order valence-corrected chi connectivity index (χ0v) is 13.2. The predicted molar refractivity (Wildman–Crippen MR) is 98.2 cm³/mol. The van der Waals surface area contributed by atoms with Crippen molar-refractivity contribution >= 4 is 28.7 Å². The summed E-state index contributed by atoms with van der Waals surface area (Å²) in [5, 5.41) is 4.61. The van der Waals surface area contributed by atoms with E-state index in [0.717, 1.165) is 27.1 Å². The van der Waals surface area contributed by atoms with Crippen molar-refractivity contribution in [1.82, 2.24) is 0 Å². The van der Waals surface area contributed by atoms with Gasteiger partial charge in [-0.2, -0.15) is 0 Å². The lowest BCUT2D eigenvalue weighted by Gasteiger charge is -2.12. The Morgan fingerprint density at radius 2 is 1.42 bits per heavy atom. The number of hydrogen-bond acceptors (Lipinski definition) is 1. The number of rotatable bonds is 0. The molecule has 0 saturated heterocycles. The molecule has 24 heavy (non-hydrogen) atoms. The molecule has 114 valence electrons. The molecule has 3 aromatic rings. The van der Waals surface area contributed by atoms with Gasteiger partial charge in [-0.05, 0) is 50.0 Å². The van der Waals surface area contributed by atoms with Crippen LogP contribution in [0.3, 0.4) is 0 Å². The van der Waals surface area contributed by atoms with Crippen molar-refractivity contribution in [3.05, 3.63) is 94.4 Å². The van der Waals surface area contributed by atoms with E-state index in [9.17, 15) is 4.79 Å². The van der Waals surface area contributed by atoms with E-state index in [1.165, 1.54) is 10.8 Å². The molecule has 0 saturated carbocycles. The maximum Gasteiger partial charge on any atom is 0.155 e. The maximum atomic E-state index is 13.1. The fourth-order valence-electron chi connectivity index (χ4n) is 4.09. The van der Waals surface area contributed by atoms with Crippen LogP contribution in [-0.4, -0.2) is 5.78 Å². The van der Waals surface area contributed by atoms with Crippen molar-refractivity contribution in [2.45, 2.75) is 11.8 Å². The van der Waals surface area contributed by atoms with Crippen molar-refractivity contribution < 1.29 is 4.79 Å². The minimum absolute atomic E-state index is 0.179. The second-order valence-electron chi connectivity index (χ2n) is 6.66. The number of carbonyl (C=O) groups is 1. The highest BCUT2D eigenvalue weighted by Gasteiger charge is 2.39. The first-order chi connectivity index (χ1) is 11.7. The zero-order chi connectivity index (χ0) is 16.3. The molecule has 0 aliphatic heterocycles. The van der Waals surface area contributed by atoms with Crippen molar-refractivity contribution in [2.75, 3.05) is 0 Å². The number of ketones is 1. The molecule has 0 aromatic heterocycles. The summed E-state index contributed by atoms with van der Waals surface area (Å²) >= 11 is 0. The molecule has 2 aliphatic rings. The van der Waals surface area contributed by atoms with Crippen LogP contribution < -0.4 is 10.4 Å². The number of carbonyl (C=O) groups excluding carboxylic acids is 1. The predicted octanol–water partition coefficient (Wildman–Crippen LogP) is 3.42. The summed E-state index contributed by atoms with van der Waals surface area (Å²) in [6.45, 7) is 4.23. The average Bonchev–Trinajstić information content (AvgIpc) is 2.87. The van der Waals surface area contributed by atoms with Gasteiger partial charge in [0.25, 0.3) is 0 Å². The van der Waals surface area contributed by atoms with E-state index in [2.05, 4.69) is 55.1 Å². The van der Waals surface area contributed by atoms with Crippen molar-refractivity contribution in [3.8, 4) is 0 Å². The van der Waals surface area contributed by atoms with E-state index in [-0.39, 0.29) is 17.6 Å². The Kier molecular flexibility index (Phi) is 2.69. The van der Waals surface area contributed by atoms with Crippen molar-refractivity contribution in [3.63, 3.8) is 0 Å². The highest BCUT2D eigenvalue weighted by molar-refractivity contribution is 6.06. The van der Waals surface area contributed by atoms with Gasteiger partial charge < -0.3 is 0 Å². The highest BCUT2D eigenvalue weighted by Crippen LogP contribution is 2.45.